The van der Waals surface area contributed by atoms with Gasteiger partial charge < -0.3 is 9.13 Å². The molecule has 1 aliphatic carbocycles. The maximum atomic E-state index is 13.6. The van der Waals surface area contributed by atoms with Crippen LogP contribution in [0, 0.1) is 0 Å². The fraction of sp³-hybridized carbons (Fsp3) is 0.429. The van der Waals surface area contributed by atoms with Crippen LogP contribution in [-0.2, 0) is 54.1 Å². The molecule has 0 saturated carbocycles. The van der Waals surface area contributed by atoms with E-state index in [9.17, 15) is 19.2 Å². The maximum Gasteiger partial charge on any atom is 0.332 e. The van der Waals surface area contributed by atoms with Crippen LogP contribution in [0.15, 0.2) is 19.2 Å². The first-order valence-corrected chi connectivity index (χ1v) is 14.1. The van der Waals surface area contributed by atoms with E-state index in [-0.39, 0.29) is 11.3 Å². The molecule has 1 aliphatic rings. The fourth-order valence-electron chi connectivity index (χ4n) is 6.74. The third-order valence-corrected chi connectivity index (χ3v) is 8.66. The van der Waals surface area contributed by atoms with Crippen LogP contribution in [0.25, 0.3) is 55.5 Å². The molecular formula is C28H30N10O4. The van der Waals surface area contributed by atoms with E-state index >= 15 is 0 Å². The van der Waals surface area contributed by atoms with Gasteiger partial charge in [0.05, 0.1) is 22.2 Å². The van der Waals surface area contributed by atoms with Gasteiger partial charge in [-0.25, -0.2) is 9.59 Å². The third-order valence-electron chi connectivity index (χ3n) is 8.66. The van der Waals surface area contributed by atoms with Gasteiger partial charge in [0.15, 0.2) is 22.6 Å². The lowest BCUT2D eigenvalue weighted by Gasteiger charge is -2.20. The standard InChI is InChI=1S/C28H30N10O4/c1-7-11-37-19-13(15-17-21(29-31-23(15)37)33(3)27(41)35(5)25(17)39)9-10-14-16-18-22(34(4)28(42)36(6)26(18)40)30-32-24(16)38(12-8-2)20(14)19/h7-12H2,1-6H3. The van der Waals surface area contributed by atoms with Gasteiger partial charge in [-0.2, -0.15) is 0 Å². The predicted octanol–water partition coefficient (Wildman–Crippen LogP) is 0.863. The van der Waals surface area contributed by atoms with E-state index in [0.29, 0.717) is 58.8 Å². The third kappa shape index (κ3) is 3.03. The number of hydrogen-bond acceptors (Lipinski definition) is 8. The van der Waals surface area contributed by atoms with E-state index in [2.05, 4.69) is 43.4 Å². The molecule has 42 heavy (non-hydrogen) atoms. The predicted molar refractivity (Wildman–Crippen MR) is 158 cm³/mol. The van der Waals surface area contributed by atoms with Crippen LogP contribution in [0.5, 0.6) is 0 Å². The van der Waals surface area contributed by atoms with Gasteiger partial charge in [0.25, 0.3) is 11.1 Å². The van der Waals surface area contributed by atoms with Crippen molar-refractivity contribution in [3.8, 4) is 11.4 Å². The maximum absolute atomic E-state index is 13.6. The van der Waals surface area contributed by atoms with Crippen LogP contribution < -0.4 is 22.5 Å². The number of hydrogen-bond donors (Lipinski definition) is 0. The monoisotopic (exact) mass is 570 g/mol. The normalized spacial score (nSPS) is 13.1. The molecule has 0 N–H and O–H groups in total. The Bertz CT molecular complexity index is 2250. The molecule has 6 heterocycles. The highest BCUT2D eigenvalue weighted by molar-refractivity contribution is 6.11. The topological polar surface area (TPSA) is 149 Å². The number of rotatable bonds is 4. The van der Waals surface area contributed by atoms with Crippen molar-refractivity contribution in [2.24, 2.45) is 28.2 Å². The van der Waals surface area contributed by atoms with Gasteiger partial charge in [-0.3, -0.25) is 27.9 Å². The number of fused-ring (bicyclic) bond motifs is 11. The molecule has 0 unspecified atom stereocenters. The van der Waals surface area contributed by atoms with Gasteiger partial charge in [-0.15, -0.1) is 20.4 Å². The lowest BCUT2D eigenvalue weighted by molar-refractivity contribution is 0.664. The van der Waals surface area contributed by atoms with Crippen molar-refractivity contribution < 1.29 is 0 Å². The fourth-order valence-corrected chi connectivity index (χ4v) is 6.74. The molecule has 0 atom stereocenters. The zero-order valence-corrected chi connectivity index (χ0v) is 24.3. The Hall–Kier alpha value is -4.88. The largest absolute Gasteiger partial charge is 0.332 e. The van der Waals surface area contributed by atoms with Crippen molar-refractivity contribution in [1.82, 2.24) is 47.8 Å². The molecule has 0 fully saturated rings. The summed E-state index contributed by atoms with van der Waals surface area (Å²) >= 11 is 0. The van der Waals surface area contributed by atoms with Gasteiger partial charge in [0.2, 0.25) is 0 Å². The molecule has 0 aliphatic heterocycles. The smallest absolute Gasteiger partial charge is 0.322 e. The molecule has 0 amide bonds. The Balaban J connectivity index is 1.73. The van der Waals surface area contributed by atoms with Crippen LogP contribution >= 0.6 is 0 Å². The summed E-state index contributed by atoms with van der Waals surface area (Å²) in [6.07, 6.45) is 2.75. The van der Waals surface area contributed by atoms with Crippen molar-refractivity contribution >= 4 is 44.1 Å². The van der Waals surface area contributed by atoms with E-state index in [4.69, 9.17) is 0 Å². The highest BCUT2D eigenvalue weighted by atomic mass is 16.2. The van der Waals surface area contributed by atoms with Crippen molar-refractivity contribution in [1.29, 1.82) is 0 Å². The average molecular weight is 571 g/mol. The van der Waals surface area contributed by atoms with E-state index in [1.165, 1.54) is 23.2 Å². The summed E-state index contributed by atoms with van der Waals surface area (Å²) in [5, 5.41) is 20.0. The Morgan fingerprint density at radius 1 is 0.524 bits per heavy atom. The van der Waals surface area contributed by atoms with Gasteiger partial charge in [-0.05, 0) is 36.8 Å². The average Bonchev–Trinajstić information content (AvgIpc) is 3.48. The Kier molecular flexibility index (Phi) is 5.46. The molecule has 7 rings (SSSR count). The molecule has 0 aromatic carbocycles. The summed E-state index contributed by atoms with van der Waals surface area (Å²) in [4.78, 5) is 52.6. The number of aryl methyl sites for hydroxylation is 6. The molecule has 216 valence electrons. The van der Waals surface area contributed by atoms with Crippen molar-refractivity contribution in [3.05, 3.63) is 52.8 Å². The Labute approximate surface area is 237 Å². The van der Waals surface area contributed by atoms with Gasteiger partial charge in [-0.1, -0.05) is 13.8 Å². The summed E-state index contributed by atoms with van der Waals surface area (Å²) in [6, 6.07) is 0. The van der Waals surface area contributed by atoms with Crippen molar-refractivity contribution in [2.45, 2.75) is 52.6 Å². The van der Waals surface area contributed by atoms with Crippen LogP contribution in [0.2, 0.25) is 0 Å². The summed E-state index contributed by atoms with van der Waals surface area (Å²) in [5.41, 5.74) is 3.64. The van der Waals surface area contributed by atoms with Gasteiger partial charge in [0, 0.05) is 52.1 Å². The lowest BCUT2D eigenvalue weighted by atomic mass is 9.91. The molecule has 0 spiro atoms. The van der Waals surface area contributed by atoms with E-state index < -0.39 is 22.5 Å². The minimum absolute atomic E-state index is 0.244. The highest BCUT2D eigenvalue weighted by Gasteiger charge is 2.34. The molecule has 0 saturated heterocycles. The summed E-state index contributed by atoms with van der Waals surface area (Å²) < 4.78 is 9.14. The minimum atomic E-state index is -0.463. The Morgan fingerprint density at radius 2 is 0.881 bits per heavy atom. The summed E-state index contributed by atoms with van der Waals surface area (Å²) in [7, 11) is 6.13. The van der Waals surface area contributed by atoms with Gasteiger partial charge >= 0.3 is 11.4 Å². The number of nitrogens with zero attached hydrogens (tertiary/aromatic N) is 10. The van der Waals surface area contributed by atoms with E-state index in [1.54, 1.807) is 14.1 Å². The molecular weight excluding hydrogens is 540 g/mol. The lowest BCUT2D eigenvalue weighted by Crippen LogP contribution is -2.37. The SMILES string of the molecule is CCCn1c2c(c3c4c(=O)n(C)c(=O)n(C)c4nnc31)CCc1c-2n(CCC)c2nnc3c(c(=O)n(C)c(=O)n3C)c12. The second-order valence-electron chi connectivity index (χ2n) is 11.1. The summed E-state index contributed by atoms with van der Waals surface area (Å²) in [5.74, 6) is 0. The first-order valence-electron chi connectivity index (χ1n) is 14.1. The number of aromatic nitrogens is 10. The van der Waals surface area contributed by atoms with Crippen LogP contribution in [0.3, 0.4) is 0 Å². The quantitative estimate of drug-likeness (QED) is 0.303. The van der Waals surface area contributed by atoms with Crippen LogP contribution in [0.1, 0.15) is 37.8 Å². The zero-order chi connectivity index (χ0) is 29.8. The van der Waals surface area contributed by atoms with Crippen molar-refractivity contribution in [2.75, 3.05) is 0 Å². The Morgan fingerprint density at radius 3 is 1.24 bits per heavy atom. The van der Waals surface area contributed by atoms with E-state index in [1.807, 2.05) is 0 Å². The first kappa shape index (κ1) is 26.0. The van der Waals surface area contributed by atoms with Crippen LogP contribution in [-0.4, -0.2) is 47.8 Å². The van der Waals surface area contributed by atoms with Crippen molar-refractivity contribution in [3.63, 3.8) is 0 Å². The molecule has 14 heteroatoms. The van der Waals surface area contributed by atoms with Gasteiger partial charge in [0.1, 0.15) is 0 Å². The molecule has 6 aromatic rings. The first-order chi connectivity index (χ1) is 20.1. The van der Waals surface area contributed by atoms with Crippen LogP contribution in [0.4, 0.5) is 0 Å². The zero-order valence-electron chi connectivity index (χ0n) is 24.3. The molecule has 6 aromatic heterocycles. The summed E-state index contributed by atoms with van der Waals surface area (Å²) in [6.45, 7) is 5.38. The molecule has 0 radical (unpaired) electrons. The molecule has 14 nitrogen and oxygen atoms in total. The second-order valence-corrected chi connectivity index (χ2v) is 11.1. The second kappa shape index (κ2) is 8.81. The highest BCUT2D eigenvalue weighted by Crippen LogP contribution is 2.45. The minimum Gasteiger partial charge on any atom is -0.322 e. The van der Waals surface area contributed by atoms with E-state index in [0.717, 1.165) is 44.5 Å². The molecule has 0 bridgehead atoms.